The summed E-state index contributed by atoms with van der Waals surface area (Å²) in [7, 11) is 0. The fourth-order valence-corrected chi connectivity index (χ4v) is 2.43. The van der Waals surface area contributed by atoms with Crippen LogP contribution >= 0.6 is 12.4 Å². The lowest BCUT2D eigenvalue weighted by Crippen LogP contribution is -2.31. The molecule has 5 heteroatoms. The van der Waals surface area contributed by atoms with Crippen molar-refractivity contribution in [2.45, 2.75) is 38.3 Å². The van der Waals surface area contributed by atoms with Gasteiger partial charge in [0, 0.05) is 19.0 Å². The molecule has 2 rings (SSSR count). The molecule has 0 unspecified atom stereocenters. The van der Waals surface area contributed by atoms with Crippen molar-refractivity contribution in [2.75, 3.05) is 0 Å². The first-order valence-electron chi connectivity index (χ1n) is 6.42. The highest BCUT2D eigenvalue weighted by Gasteiger charge is 2.25. The molecule has 1 aliphatic carbocycles. The van der Waals surface area contributed by atoms with Crippen molar-refractivity contribution in [3.8, 4) is 0 Å². The van der Waals surface area contributed by atoms with Crippen molar-refractivity contribution in [3.63, 3.8) is 0 Å². The number of carbonyl (C=O) groups is 1. The van der Waals surface area contributed by atoms with Crippen molar-refractivity contribution < 1.29 is 9.18 Å². The topological polar surface area (TPSA) is 55.1 Å². The monoisotopic (exact) mass is 286 g/mol. The molecule has 3 N–H and O–H groups in total. The highest BCUT2D eigenvalue weighted by molar-refractivity contribution is 5.85. The predicted octanol–water partition coefficient (Wildman–Crippen LogP) is 2.38. The number of hydrogen-bond donors (Lipinski definition) is 2. The molecule has 0 spiro atoms. The van der Waals surface area contributed by atoms with Crippen LogP contribution in [-0.4, -0.2) is 11.9 Å². The van der Waals surface area contributed by atoms with E-state index < -0.39 is 0 Å². The van der Waals surface area contributed by atoms with E-state index in [0.29, 0.717) is 18.9 Å². The van der Waals surface area contributed by atoms with E-state index in [9.17, 15) is 9.18 Å². The van der Waals surface area contributed by atoms with E-state index in [0.717, 1.165) is 24.8 Å². The molecule has 3 nitrogen and oxygen atoms in total. The Morgan fingerprint density at radius 2 is 2.00 bits per heavy atom. The van der Waals surface area contributed by atoms with Crippen LogP contribution in [0.15, 0.2) is 24.3 Å². The summed E-state index contributed by atoms with van der Waals surface area (Å²) in [6.45, 7) is 0.446. The van der Waals surface area contributed by atoms with Crippen LogP contribution in [0.4, 0.5) is 4.39 Å². The van der Waals surface area contributed by atoms with Crippen LogP contribution in [0.3, 0.4) is 0 Å². The lowest BCUT2D eigenvalue weighted by molar-refractivity contribution is -0.122. The molecule has 1 saturated carbocycles. The quantitative estimate of drug-likeness (QED) is 0.893. The number of benzene rings is 1. The Morgan fingerprint density at radius 1 is 1.32 bits per heavy atom. The van der Waals surface area contributed by atoms with Crippen LogP contribution in [0.1, 0.15) is 31.2 Å². The lowest BCUT2D eigenvalue weighted by Gasteiger charge is -2.14. The molecular formula is C14H20ClFN2O. The van der Waals surface area contributed by atoms with Crippen LogP contribution in [0.25, 0.3) is 0 Å². The first kappa shape index (κ1) is 15.9. The molecule has 1 aromatic carbocycles. The lowest BCUT2D eigenvalue weighted by atomic mass is 10.00. The largest absolute Gasteiger partial charge is 0.352 e. The minimum absolute atomic E-state index is 0. The highest BCUT2D eigenvalue weighted by atomic mass is 35.5. The van der Waals surface area contributed by atoms with Gasteiger partial charge in [-0.2, -0.15) is 0 Å². The second kappa shape index (κ2) is 7.46. The molecule has 0 saturated heterocycles. The van der Waals surface area contributed by atoms with Crippen molar-refractivity contribution in [2.24, 2.45) is 11.7 Å². The molecule has 1 aromatic rings. The van der Waals surface area contributed by atoms with Gasteiger partial charge in [0.05, 0.1) is 0 Å². The maximum atomic E-state index is 12.7. The summed E-state index contributed by atoms with van der Waals surface area (Å²) in [4.78, 5) is 11.7. The molecule has 1 aliphatic rings. The van der Waals surface area contributed by atoms with E-state index in [1.807, 2.05) is 0 Å². The van der Waals surface area contributed by atoms with E-state index in [2.05, 4.69) is 5.32 Å². The van der Waals surface area contributed by atoms with E-state index in [1.165, 1.54) is 12.1 Å². The summed E-state index contributed by atoms with van der Waals surface area (Å²) in [5, 5.41) is 2.85. The molecule has 0 bridgehead atoms. The maximum Gasteiger partial charge on any atom is 0.220 e. The molecule has 0 heterocycles. The van der Waals surface area contributed by atoms with Gasteiger partial charge in [-0.05, 0) is 36.5 Å². The Hall–Kier alpha value is -1.13. The van der Waals surface area contributed by atoms with Gasteiger partial charge in [-0.3, -0.25) is 4.79 Å². The zero-order chi connectivity index (χ0) is 13.0. The molecule has 19 heavy (non-hydrogen) atoms. The number of halogens is 2. The van der Waals surface area contributed by atoms with Crippen LogP contribution < -0.4 is 11.1 Å². The van der Waals surface area contributed by atoms with E-state index in [1.54, 1.807) is 12.1 Å². The highest BCUT2D eigenvalue weighted by Crippen LogP contribution is 2.26. The molecule has 1 amide bonds. The summed E-state index contributed by atoms with van der Waals surface area (Å²) in [6, 6.07) is 6.32. The van der Waals surface area contributed by atoms with Gasteiger partial charge < -0.3 is 11.1 Å². The summed E-state index contributed by atoms with van der Waals surface area (Å²) in [5.41, 5.74) is 6.83. The molecule has 0 aliphatic heterocycles. The second-order valence-electron chi connectivity index (χ2n) is 4.96. The Labute approximate surface area is 119 Å². The smallest absolute Gasteiger partial charge is 0.220 e. The zero-order valence-corrected chi connectivity index (χ0v) is 11.6. The van der Waals surface area contributed by atoms with Crippen LogP contribution in [-0.2, 0) is 11.3 Å². The van der Waals surface area contributed by atoms with Gasteiger partial charge in [-0.1, -0.05) is 18.6 Å². The third-order valence-electron chi connectivity index (χ3n) is 3.57. The Balaban J connectivity index is 0.00000180. The summed E-state index contributed by atoms with van der Waals surface area (Å²) in [5.74, 6) is 0.0851. The molecule has 1 fully saturated rings. The van der Waals surface area contributed by atoms with Crippen molar-refractivity contribution in [1.82, 2.24) is 5.32 Å². The van der Waals surface area contributed by atoms with Crippen LogP contribution in [0.2, 0.25) is 0 Å². The number of nitrogens with two attached hydrogens (primary N) is 1. The molecule has 2 atom stereocenters. The molecule has 0 radical (unpaired) electrons. The van der Waals surface area contributed by atoms with Crippen LogP contribution in [0, 0.1) is 11.7 Å². The van der Waals surface area contributed by atoms with Gasteiger partial charge in [0.25, 0.3) is 0 Å². The number of carbonyl (C=O) groups excluding carboxylic acids is 1. The summed E-state index contributed by atoms with van der Waals surface area (Å²) >= 11 is 0. The van der Waals surface area contributed by atoms with E-state index in [-0.39, 0.29) is 30.2 Å². The Bertz CT molecular complexity index is 410. The SMILES string of the molecule is Cl.N[C@@H]1CCC[C@H]1CC(=O)NCc1ccc(F)cc1. The van der Waals surface area contributed by atoms with Crippen molar-refractivity contribution in [1.29, 1.82) is 0 Å². The molecular weight excluding hydrogens is 267 g/mol. The predicted molar refractivity (Wildman–Crippen MR) is 75.4 cm³/mol. The van der Waals surface area contributed by atoms with Gasteiger partial charge in [0.1, 0.15) is 5.82 Å². The third-order valence-corrected chi connectivity index (χ3v) is 3.57. The van der Waals surface area contributed by atoms with Crippen molar-refractivity contribution in [3.05, 3.63) is 35.6 Å². The normalized spacial score (nSPS) is 21.8. The van der Waals surface area contributed by atoms with Gasteiger partial charge in [0.2, 0.25) is 5.91 Å². The average molecular weight is 287 g/mol. The third kappa shape index (κ3) is 4.80. The van der Waals surface area contributed by atoms with E-state index in [4.69, 9.17) is 5.73 Å². The van der Waals surface area contributed by atoms with Crippen LogP contribution in [0.5, 0.6) is 0 Å². The summed E-state index contributed by atoms with van der Waals surface area (Å²) in [6.07, 6.45) is 3.69. The number of rotatable bonds is 4. The summed E-state index contributed by atoms with van der Waals surface area (Å²) < 4.78 is 12.7. The fourth-order valence-electron chi connectivity index (χ4n) is 2.43. The first-order valence-corrected chi connectivity index (χ1v) is 6.42. The first-order chi connectivity index (χ1) is 8.65. The molecule has 0 aromatic heterocycles. The van der Waals surface area contributed by atoms with Gasteiger partial charge in [0.15, 0.2) is 0 Å². The molecule has 106 valence electrons. The minimum atomic E-state index is -0.262. The zero-order valence-electron chi connectivity index (χ0n) is 10.8. The number of nitrogens with one attached hydrogen (secondary N) is 1. The van der Waals surface area contributed by atoms with Gasteiger partial charge in [-0.15, -0.1) is 12.4 Å². The average Bonchev–Trinajstić information content (AvgIpc) is 2.74. The fraction of sp³-hybridized carbons (Fsp3) is 0.500. The standard InChI is InChI=1S/C14H19FN2O.ClH/c15-12-6-4-10(5-7-12)9-17-14(18)8-11-2-1-3-13(11)16;/h4-7,11,13H,1-3,8-9,16H2,(H,17,18);1H/t11-,13+;/m0./s1. The second-order valence-corrected chi connectivity index (χ2v) is 4.96. The van der Waals surface area contributed by atoms with Gasteiger partial charge in [-0.25, -0.2) is 4.39 Å². The minimum Gasteiger partial charge on any atom is -0.352 e. The maximum absolute atomic E-state index is 12.7. The number of amides is 1. The number of hydrogen-bond acceptors (Lipinski definition) is 2. The van der Waals surface area contributed by atoms with E-state index >= 15 is 0 Å². The van der Waals surface area contributed by atoms with Gasteiger partial charge >= 0.3 is 0 Å². The van der Waals surface area contributed by atoms with Crippen molar-refractivity contribution >= 4 is 18.3 Å². The Morgan fingerprint density at radius 3 is 2.58 bits per heavy atom. The Kier molecular flexibility index (Phi) is 6.25.